The van der Waals surface area contributed by atoms with Crippen LogP contribution >= 0.6 is 0 Å². The van der Waals surface area contributed by atoms with Gasteiger partial charge in [-0.25, -0.2) is 0 Å². The van der Waals surface area contributed by atoms with E-state index in [-0.39, 0.29) is 0 Å². The van der Waals surface area contributed by atoms with Gasteiger partial charge < -0.3 is 9.84 Å². The number of aryl methyl sites for hydroxylation is 3. The van der Waals surface area contributed by atoms with E-state index in [0.29, 0.717) is 0 Å². The summed E-state index contributed by atoms with van der Waals surface area (Å²) < 4.78 is 5.35. The molecule has 18 heavy (non-hydrogen) atoms. The molecule has 1 N–H and O–H groups in total. The maximum Gasteiger partial charge on any atom is 0.141 e. The molecule has 0 aliphatic rings. The van der Waals surface area contributed by atoms with Gasteiger partial charge in [0.15, 0.2) is 0 Å². The Morgan fingerprint density at radius 2 is 2.11 bits per heavy atom. The third-order valence-corrected chi connectivity index (χ3v) is 2.97. The molecule has 0 atom stereocenters. The van der Waals surface area contributed by atoms with Crippen molar-refractivity contribution in [3.8, 4) is 0 Å². The molecule has 0 bridgehead atoms. The van der Waals surface area contributed by atoms with Crippen molar-refractivity contribution in [1.29, 1.82) is 0 Å². The maximum atomic E-state index is 5.35. The summed E-state index contributed by atoms with van der Waals surface area (Å²) in [6.07, 6.45) is 3.59. The molecule has 4 heteroatoms. The van der Waals surface area contributed by atoms with Crippen LogP contribution in [0.4, 0.5) is 5.69 Å². The van der Waals surface area contributed by atoms with Gasteiger partial charge in [-0.3, -0.25) is 4.98 Å². The fraction of sp³-hybridized carbons (Fsp3) is 0.429. The molecule has 0 fully saturated rings. The zero-order valence-electron chi connectivity index (χ0n) is 11.2. The lowest BCUT2D eigenvalue weighted by Crippen LogP contribution is -2.03. The van der Waals surface area contributed by atoms with Gasteiger partial charge in [0.05, 0.1) is 5.69 Å². The SMILES string of the molecule is CCc1noc(CC)c1CNc1ccnc(C)c1. The molecular weight excluding hydrogens is 226 g/mol. The molecule has 0 aromatic carbocycles. The van der Waals surface area contributed by atoms with E-state index in [2.05, 4.69) is 29.3 Å². The van der Waals surface area contributed by atoms with Gasteiger partial charge in [0.25, 0.3) is 0 Å². The Bertz CT molecular complexity index is 498. The molecule has 4 nitrogen and oxygen atoms in total. The van der Waals surface area contributed by atoms with Gasteiger partial charge in [-0.05, 0) is 25.5 Å². The van der Waals surface area contributed by atoms with Crippen LogP contribution < -0.4 is 5.32 Å². The highest BCUT2D eigenvalue weighted by Crippen LogP contribution is 2.18. The lowest BCUT2D eigenvalue weighted by Gasteiger charge is -2.07. The average Bonchev–Trinajstić information content (AvgIpc) is 2.78. The van der Waals surface area contributed by atoms with Crippen LogP contribution in [0.25, 0.3) is 0 Å². The summed E-state index contributed by atoms with van der Waals surface area (Å²) in [7, 11) is 0. The van der Waals surface area contributed by atoms with Crippen LogP contribution in [0.3, 0.4) is 0 Å². The summed E-state index contributed by atoms with van der Waals surface area (Å²) >= 11 is 0. The topological polar surface area (TPSA) is 51.0 Å². The first-order chi connectivity index (χ1) is 8.74. The second kappa shape index (κ2) is 5.67. The molecule has 0 saturated heterocycles. The van der Waals surface area contributed by atoms with Crippen LogP contribution in [-0.4, -0.2) is 10.1 Å². The Morgan fingerprint density at radius 1 is 1.28 bits per heavy atom. The van der Waals surface area contributed by atoms with Gasteiger partial charge in [0.2, 0.25) is 0 Å². The molecule has 0 radical (unpaired) electrons. The monoisotopic (exact) mass is 245 g/mol. The normalized spacial score (nSPS) is 10.6. The number of hydrogen-bond donors (Lipinski definition) is 1. The largest absolute Gasteiger partial charge is 0.381 e. The lowest BCUT2D eigenvalue weighted by atomic mass is 10.1. The van der Waals surface area contributed by atoms with E-state index in [4.69, 9.17) is 4.52 Å². The first-order valence-electron chi connectivity index (χ1n) is 6.37. The second-order valence-corrected chi connectivity index (χ2v) is 4.28. The second-order valence-electron chi connectivity index (χ2n) is 4.28. The summed E-state index contributed by atoms with van der Waals surface area (Å²) in [5.41, 5.74) is 4.32. The Labute approximate surface area is 107 Å². The predicted molar refractivity (Wildman–Crippen MR) is 71.6 cm³/mol. The molecule has 2 rings (SSSR count). The fourth-order valence-electron chi connectivity index (χ4n) is 1.98. The summed E-state index contributed by atoms with van der Waals surface area (Å²) in [6.45, 7) is 6.91. The average molecular weight is 245 g/mol. The van der Waals surface area contributed by atoms with Crippen LogP contribution in [0.1, 0.15) is 36.6 Å². The molecule has 96 valence electrons. The standard InChI is InChI=1S/C14H19N3O/c1-4-13-12(14(5-2)18-17-13)9-16-11-6-7-15-10(3)8-11/h6-8H,4-5,9H2,1-3H3,(H,15,16). The molecule has 2 aromatic heterocycles. The van der Waals surface area contributed by atoms with Crippen LogP contribution in [-0.2, 0) is 19.4 Å². The van der Waals surface area contributed by atoms with E-state index < -0.39 is 0 Å². The van der Waals surface area contributed by atoms with Crippen LogP contribution in [0.5, 0.6) is 0 Å². The van der Waals surface area contributed by atoms with E-state index in [1.54, 1.807) is 0 Å². The molecule has 2 heterocycles. The van der Waals surface area contributed by atoms with E-state index in [0.717, 1.165) is 42.2 Å². The molecule has 0 amide bonds. The third-order valence-electron chi connectivity index (χ3n) is 2.97. The highest BCUT2D eigenvalue weighted by Gasteiger charge is 2.12. The smallest absolute Gasteiger partial charge is 0.141 e. The minimum absolute atomic E-state index is 0.749. The summed E-state index contributed by atoms with van der Waals surface area (Å²) in [6, 6.07) is 4.00. The lowest BCUT2D eigenvalue weighted by molar-refractivity contribution is 0.380. The number of rotatable bonds is 5. The maximum absolute atomic E-state index is 5.35. The quantitative estimate of drug-likeness (QED) is 0.879. The summed E-state index contributed by atoms with van der Waals surface area (Å²) in [5, 5.41) is 7.51. The highest BCUT2D eigenvalue weighted by atomic mass is 16.5. The zero-order chi connectivity index (χ0) is 13.0. The minimum Gasteiger partial charge on any atom is -0.381 e. The van der Waals surface area contributed by atoms with E-state index in [1.807, 2.05) is 25.3 Å². The van der Waals surface area contributed by atoms with Crippen molar-refractivity contribution >= 4 is 5.69 Å². The molecule has 0 aliphatic heterocycles. The van der Waals surface area contributed by atoms with Gasteiger partial charge in [-0.1, -0.05) is 19.0 Å². The first-order valence-corrected chi connectivity index (χ1v) is 6.37. The van der Waals surface area contributed by atoms with Crippen molar-refractivity contribution in [3.05, 3.63) is 41.0 Å². The summed E-state index contributed by atoms with van der Waals surface area (Å²) in [4.78, 5) is 4.18. The van der Waals surface area contributed by atoms with Crippen molar-refractivity contribution in [2.75, 3.05) is 5.32 Å². The van der Waals surface area contributed by atoms with Gasteiger partial charge in [-0.2, -0.15) is 0 Å². The number of pyridine rings is 1. The summed E-state index contributed by atoms with van der Waals surface area (Å²) in [5.74, 6) is 0.977. The third kappa shape index (κ3) is 2.70. The molecule has 0 aliphatic carbocycles. The van der Waals surface area contributed by atoms with E-state index >= 15 is 0 Å². The van der Waals surface area contributed by atoms with Crippen molar-refractivity contribution in [1.82, 2.24) is 10.1 Å². The van der Waals surface area contributed by atoms with Crippen LogP contribution in [0.15, 0.2) is 22.9 Å². The van der Waals surface area contributed by atoms with Gasteiger partial charge in [0, 0.05) is 36.1 Å². The Kier molecular flexibility index (Phi) is 3.97. The van der Waals surface area contributed by atoms with Crippen molar-refractivity contribution in [2.45, 2.75) is 40.2 Å². The molecule has 0 unspecified atom stereocenters. The van der Waals surface area contributed by atoms with Gasteiger partial charge in [-0.15, -0.1) is 0 Å². The molecule has 0 spiro atoms. The molecule has 0 saturated carbocycles. The fourth-order valence-corrected chi connectivity index (χ4v) is 1.98. The Hall–Kier alpha value is -1.84. The van der Waals surface area contributed by atoms with Crippen molar-refractivity contribution in [2.24, 2.45) is 0 Å². The minimum atomic E-state index is 0.749. The van der Waals surface area contributed by atoms with Gasteiger partial charge >= 0.3 is 0 Å². The van der Waals surface area contributed by atoms with E-state index in [9.17, 15) is 0 Å². The number of hydrogen-bond acceptors (Lipinski definition) is 4. The van der Waals surface area contributed by atoms with Crippen LogP contribution in [0.2, 0.25) is 0 Å². The van der Waals surface area contributed by atoms with Gasteiger partial charge in [0.1, 0.15) is 5.76 Å². The molecular formula is C14H19N3O. The predicted octanol–water partition coefficient (Wildman–Crippen LogP) is 3.11. The van der Waals surface area contributed by atoms with E-state index in [1.165, 1.54) is 5.56 Å². The number of aromatic nitrogens is 2. The zero-order valence-corrected chi connectivity index (χ0v) is 11.2. The first kappa shape index (κ1) is 12.6. The number of nitrogens with one attached hydrogen (secondary N) is 1. The molecule has 2 aromatic rings. The highest BCUT2D eigenvalue weighted by molar-refractivity contribution is 5.44. The Morgan fingerprint density at radius 3 is 2.78 bits per heavy atom. The van der Waals surface area contributed by atoms with Crippen LogP contribution in [0, 0.1) is 6.92 Å². The van der Waals surface area contributed by atoms with Crippen molar-refractivity contribution in [3.63, 3.8) is 0 Å². The number of nitrogens with zero attached hydrogens (tertiary/aromatic N) is 2. The number of anilines is 1. The Balaban J connectivity index is 2.12. The van der Waals surface area contributed by atoms with Crippen molar-refractivity contribution < 1.29 is 4.52 Å².